The minimum atomic E-state index is -0.966. The summed E-state index contributed by atoms with van der Waals surface area (Å²) in [4.78, 5) is 36.9. The molecule has 0 fully saturated rings. The Labute approximate surface area is 186 Å². The highest BCUT2D eigenvalue weighted by molar-refractivity contribution is 5.97. The number of halogens is 1. The summed E-state index contributed by atoms with van der Waals surface area (Å²) in [5, 5.41) is 5.21. The van der Waals surface area contributed by atoms with Gasteiger partial charge in [-0.1, -0.05) is 19.9 Å². The first-order valence-electron chi connectivity index (χ1n) is 9.95. The third-order valence-corrected chi connectivity index (χ3v) is 4.60. The maximum absolute atomic E-state index is 13.0. The van der Waals surface area contributed by atoms with Gasteiger partial charge in [0.1, 0.15) is 11.9 Å². The van der Waals surface area contributed by atoms with E-state index >= 15 is 0 Å². The minimum absolute atomic E-state index is 0.200. The summed E-state index contributed by atoms with van der Waals surface area (Å²) in [6.45, 7) is 3.16. The fraction of sp³-hybridized carbons (Fsp3) is 0.348. The molecule has 2 aromatic rings. The third kappa shape index (κ3) is 6.97. The van der Waals surface area contributed by atoms with Crippen molar-refractivity contribution in [3.05, 3.63) is 59.4 Å². The molecule has 2 aromatic carbocycles. The lowest BCUT2D eigenvalue weighted by molar-refractivity contribution is -0.151. The number of esters is 1. The molecule has 0 aliphatic carbocycles. The maximum Gasteiger partial charge on any atom is 0.329 e. The molecule has 0 aliphatic rings. The van der Waals surface area contributed by atoms with E-state index in [1.54, 1.807) is 32.0 Å². The fourth-order valence-electron chi connectivity index (χ4n) is 2.79. The first-order chi connectivity index (χ1) is 15.2. The average molecular weight is 446 g/mol. The monoisotopic (exact) mass is 446 g/mol. The van der Waals surface area contributed by atoms with E-state index in [2.05, 4.69) is 10.6 Å². The Morgan fingerprint density at radius 3 is 2.22 bits per heavy atom. The predicted octanol–water partition coefficient (Wildman–Crippen LogP) is 2.46. The number of carbonyl (C=O) groups excluding carboxylic acids is 3. The van der Waals surface area contributed by atoms with Gasteiger partial charge in [0.15, 0.2) is 18.1 Å². The molecular formula is C23H27FN2O6. The smallest absolute Gasteiger partial charge is 0.329 e. The van der Waals surface area contributed by atoms with Gasteiger partial charge in [0, 0.05) is 12.1 Å². The van der Waals surface area contributed by atoms with Crippen molar-refractivity contribution in [3.8, 4) is 11.5 Å². The molecule has 0 saturated carbocycles. The Bertz CT molecular complexity index is 946. The van der Waals surface area contributed by atoms with Gasteiger partial charge in [-0.3, -0.25) is 9.59 Å². The molecule has 32 heavy (non-hydrogen) atoms. The summed E-state index contributed by atoms with van der Waals surface area (Å²) >= 11 is 0. The van der Waals surface area contributed by atoms with Gasteiger partial charge < -0.3 is 24.8 Å². The number of hydrogen-bond acceptors (Lipinski definition) is 6. The Morgan fingerprint density at radius 1 is 0.969 bits per heavy atom. The van der Waals surface area contributed by atoms with Gasteiger partial charge in [-0.05, 0) is 47.9 Å². The zero-order valence-corrected chi connectivity index (χ0v) is 18.4. The zero-order chi connectivity index (χ0) is 23.7. The fourth-order valence-corrected chi connectivity index (χ4v) is 2.79. The van der Waals surface area contributed by atoms with Crippen molar-refractivity contribution < 1.29 is 33.0 Å². The largest absolute Gasteiger partial charge is 0.493 e. The van der Waals surface area contributed by atoms with E-state index in [1.165, 1.54) is 26.4 Å². The summed E-state index contributed by atoms with van der Waals surface area (Å²) in [7, 11) is 3.04. The van der Waals surface area contributed by atoms with Gasteiger partial charge >= 0.3 is 5.97 Å². The van der Waals surface area contributed by atoms with Crippen molar-refractivity contribution in [3.63, 3.8) is 0 Å². The highest BCUT2D eigenvalue weighted by atomic mass is 19.1. The van der Waals surface area contributed by atoms with Crippen LogP contribution in [0, 0.1) is 11.7 Å². The van der Waals surface area contributed by atoms with Crippen molar-refractivity contribution in [1.82, 2.24) is 10.6 Å². The molecule has 2 rings (SSSR count). The number of ether oxygens (including phenoxy) is 3. The second kappa shape index (κ2) is 11.7. The van der Waals surface area contributed by atoms with E-state index in [-0.39, 0.29) is 18.0 Å². The van der Waals surface area contributed by atoms with Crippen molar-refractivity contribution in [2.45, 2.75) is 26.4 Å². The summed E-state index contributed by atoms with van der Waals surface area (Å²) in [5.74, 6) is -1.45. The normalized spacial score (nSPS) is 11.4. The summed E-state index contributed by atoms with van der Waals surface area (Å²) in [6.07, 6.45) is 0. The topological polar surface area (TPSA) is 103 Å². The number of nitrogens with one attached hydrogen (secondary N) is 2. The quantitative estimate of drug-likeness (QED) is 0.544. The summed E-state index contributed by atoms with van der Waals surface area (Å²) in [6, 6.07) is 9.19. The van der Waals surface area contributed by atoms with E-state index < -0.39 is 36.2 Å². The van der Waals surface area contributed by atoms with Crippen molar-refractivity contribution >= 4 is 17.8 Å². The first-order valence-corrected chi connectivity index (χ1v) is 9.95. The van der Waals surface area contributed by atoms with Gasteiger partial charge in [0.05, 0.1) is 14.2 Å². The standard InChI is InChI=1S/C23H27FN2O6/c1-14(2)21(26-22(28)16-6-8-17(24)9-7-16)23(29)32-13-20(27)25-12-15-5-10-18(30-3)19(11-15)31-4/h5-11,14,21H,12-13H2,1-4H3,(H,25,27)(H,26,28). The number of rotatable bonds is 10. The average Bonchev–Trinajstić information content (AvgIpc) is 2.79. The molecule has 0 aromatic heterocycles. The summed E-state index contributed by atoms with van der Waals surface area (Å²) < 4.78 is 28.5. The van der Waals surface area contributed by atoms with Crippen molar-refractivity contribution in [2.75, 3.05) is 20.8 Å². The molecule has 1 atom stereocenters. The molecule has 8 nitrogen and oxygen atoms in total. The van der Waals surface area contributed by atoms with Crippen LogP contribution in [0.15, 0.2) is 42.5 Å². The van der Waals surface area contributed by atoms with Gasteiger partial charge in [0.25, 0.3) is 11.8 Å². The Kier molecular flexibility index (Phi) is 9.00. The Hall–Kier alpha value is -3.62. The molecule has 0 heterocycles. The van der Waals surface area contributed by atoms with Gasteiger partial charge in [-0.15, -0.1) is 0 Å². The van der Waals surface area contributed by atoms with Crippen LogP contribution in [-0.2, 0) is 20.9 Å². The van der Waals surface area contributed by atoms with Crippen molar-refractivity contribution in [2.24, 2.45) is 5.92 Å². The van der Waals surface area contributed by atoms with E-state index in [0.29, 0.717) is 11.5 Å². The molecule has 2 N–H and O–H groups in total. The molecule has 0 bridgehead atoms. The third-order valence-electron chi connectivity index (χ3n) is 4.60. The zero-order valence-electron chi connectivity index (χ0n) is 18.4. The van der Waals surface area contributed by atoms with Crippen molar-refractivity contribution in [1.29, 1.82) is 0 Å². The van der Waals surface area contributed by atoms with Crippen LogP contribution in [0.25, 0.3) is 0 Å². The number of amides is 2. The highest BCUT2D eigenvalue weighted by Crippen LogP contribution is 2.27. The van der Waals surface area contributed by atoms with Crippen LogP contribution in [0.5, 0.6) is 11.5 Å². The second-order valence-electron chi connectivity index (χ2n) is 7.28. The van der Waals surface area contributed by atoms with Gasteiger partial charge in [-0.2, -0.15) is 0 Å². The molecule has 172 valence electrons. The number of methoxy groups -OCH3 is 2. The molecule has 0 radical (unpaired) electrons. The van der Waals surface area contributed by atoms with E-state index in [0.717, 1.165) is 17.7 Å². The number of carbonyl (C=O) groups is 3. The van der Waals surface area contributed by atoms with Crippen LogP contribution in [0.2, 0.25) is 0 Å². The first kappa shape index (κ1) is 24.6. The van der Waals surface area contributed by atoms with Gasteiger partial charge in [-0.25, -0.2) is 9.18 Å². The van der Waals surface area contributed by atoms with E-state index in [9.17, 15) is 18.8 Å². The lowest BCUT2D eigenvalue weighted by Crippen LogP contribution is -2.46. The Balaban J connectivity index is 1.87. The van der Waals surface area contributed by atoms with E-state index in [4.69, 9.17) is 14.2 Å². The van der Waals surface area contributed by atoms with Gasteiger partial charge in [0.2, 0.25) is 0 Å². The molecule has 0 aliphatic heterocycles. The number of benzene rings is 2. The number of hydrogen-bond donors (Lipinski definition) is 2. The van der Waals surface area contributed by atoms with Crippen LogP contribution in [0.4, 0.5) is 4.39 Å². The lowest BCUT2D eigenvalue weighted by atomic mass is 10.0. The molecule has 0 spiro atoms. The Morgan fingerprint density at radius 2 is 1.62 bits per heavy atom. The SMILES string of the molecule is COc1ccc(CNC(=O)COC(=O)C(NC(=O)c2ccc(F)cc2)C(C)C)cc1OC. The molecular weight excluding hydrogens is 419 g/mol. The van der Waals surface area contributed by atoms with Crippen LogP contribution >= 0.6 is 0 Å². The molecule has 0 saturated heterocycles. The molecule has 9 heteroatoms. The van der Waals surface area contributed by atoms with Crippen LogP contribution in [0.3, 0.4) is 0 Å². The van der Waals surface area contributed by atoms with Crippen LogP contribution in [0.1, 0.15) is 29.8 Å². The van der Waals surface area contributed by atoms with Crippen LogP contribution < -0.4 is 20.1 Å². The van der Waals surface area contributed by atoms with Crippen LogP contribution in [-0.4, -0.2) is 44.7 Å². The maximum atomic E-state index is 13.0. The van der Waals surface area contributed by atoms with E-state index in [1.807, 2.05) is 0 Å². The second-order valence-corrected chi connectivity index (χ2v) is 7.28. The molecule has 2 amide bonds. The molecule has 1 unspecified atom stereocenters. The predicted molar refractivity (Wildman–Crippen MR) is 115 cm³/mol. The highest BCUT2D eigenvalue weighted by Gasteiger charge is 2.26. The summed E-state index contributed by atoms with van der Waals surface area (Å²) in [5.41, 5.74) is 0.978. The minimum Gasteiger partial charge on any atom is -0.493 e. The lowest BCUT2D eigenvalue weighted by Gasteiger charge is -2.20.